The normalized spacial score (nSPS) is 11.8. The molecule has 0 unspecified atom stereocenters. The van der Waals surface area contributed by atoms with Gasteiger partial charge in [0.15, 0.2) is 34.9 Å². The molecule has 12 heteroatoms. The second kappa shape index (κ2) is 33.1. The van der Waals surface area contributed by atoms with E-state index in [1.165, 1.54) is 150 Å². The molecule has 20 aromatic carbocycles. The van der Waals surface area contributed by atoms with Gasteiger partial charge in [-0.15, -0.1) is 22.7 Å². The van der Waals surface area contributed by atoms with Crippen molar-refractivity contribution in [1.82, 2.24) is 48.2 Å². The van der Waals surface area contributed by atoms with Crippen molar-refractivity contribution in [2.75, 3.05) is 0 Å². The zero-order valence-corrected chi connectivity index (χ0v) is 76.0. The fraction of sp³-hybridized carbons (Fsp3) is 0. The number of aromatic nitrogens is 10. The maximum absolute atomic E-state index is 5.02. The first-order valence-electron chi connectivity index (χ1n) is 46.5. The van der Waals surface area contributed by atoms with Crippen LogP contribution in [0.5, 0.6) is 0 Å². The molecule has 0 N–H and O–H groups in total. The highest BCUT2D eigenvalue weighted by Crippen LogP contribution is 2.46. The molecule has 0 bridgehead atoms. The van der Waals surface area contributed by atoms with Gasteiger partial charge in [-0.1, -0.05) is 322 Å². The Balaban J connectivity index is 0.000000139. The summed E-state index contributed by atoms with van der Waals surface area (Å²) in [6.07, 6.45) is 0. The third-order valence-electron chi connectivity index (χ3n) is 27.2. The predicted molar refractivity (Wildman–Crippen MR) is 577 cm³/mol. The third-order valence-corrected chi connectivity index (χ3v) is 29.5. The van der Waals surface area contributed by atoms with Gasteiger partial charge in [-0.05, 0) is 196 Å². The summed E-state index contributed by atoms with van der Waals surface area (Å²) in [7, 11) is 0. The molecule has 28 aromatic rings. The number of rotatable bonds is 14. The van der Waals surface area contributed by atoms with Crippen LogP contribution in [0, 0.1) is 0 Å². The molecule has 28 rings (SSSR count). The Kier molecular flexibility index (Phi) is 19.1. The van der Waals surface area contributed by atoms with E-state index in [0.717, 1.165) is 78.0 Å². The second-order valence-electron chi connectivity index (χ2n) is 35.2. The lowest BCUT2D eigenvalue weighted by Gasteiger charge is -2.12. The fourth-order valence-electron chi connectivity index (χ4n) is 20.6. The van der Waals surface area contributed by atoms with Crippen LogP contribution in [0.1, 0.15) is 0 Å². The van der Waals surface area contributed by atoms with Crippen LogP contribution in [0.25, 0.3) is 263 Å². The largest absolute Gasteiger partial charge is 0.309 e. The molecular formula is C126H78N10S2. The molecule has 138 heavy (non-hydrogen) atoms. The minimum Gasteiger partial charge on any atom is -0.309 e. The molecule has 0 saturated carbocycles. The minimum absolute atomic E-state index is 0.633. The number of hydrogen-bond donors (Lipinski definition) is 0. The van der Waals surface area contributed by atoms with Gasteiger partial charge < -0.3 is 18.3 Å². The van der Waals surface area contributed by atoms with E-state index in [9.17, 15) is 0 Å². The van der Waals surface area contributed by atoms with Gasteiger partial charge >= 0.3 is 0 Å². The van der Waals surface area contributed by atoms with Crippen molar-refractivity contribution in [3.63, 3.8) is 0 Å². The lowest BCUT2D eigenvalue weighted by atomic mass is 10.0. The average Bonchev–Trinajstić information content (AvgIpc) is 1.58. The molecule has 0 aliphatic carbocycles. The van der Waals surface area contributed by atoms with Crippen molar-refractivity contribution in [1.29, 1.82) is 0 Å². The molecule has 0 atom stereocenters. The molecule has 0 amide bonds. The summed E-state index contributed by atoms with van der Waals surface area (Å²) in [6, 6.07) is 169. The summed E-state index contributed by atoms with van der Waals surface area (Å²) < 4.78 is 14.9. The van der Waals surface area contributed by atoms with Gasteiger partial charge in [0.1, 0.15) is 0 Å². The van der Waals surface area contributed by atoms with Crippen LogP contribution in [-0.4, -0.2) is 48.2 Å². The predicted octanol–water partition coefficient (Wildman–Crippen LogP) is 33.5. The molecule has 0 radical (unpaired) electrons. The third kappa shape index (κ3) is 13.8. The molecular weight excluding hydrogens is 1720 g/mol. The van der Waals surface area contributed by atoms with E-state index in [4.69, 9.17) is 29.9 Å². The highest BCUT2D eigenvalue weighted by atomic mass is 32.1. The Hall–Kier alpha value is -17.9. The summed E-state index contributed by atoms with van der Waals surface area (Å²) in [6.45, 7) is 0. The smallest absolute Gasteiger partial charge is 0.164 e. The topological polar surface area (TPSA) is 97.1 Å². The van der Waals surface area contributed by atoms with Gasteiger partial charge in [0.25, 0.3) is 0 Å². The number of thiophene rings is 2. The Bertz CT molecular complexity index is 9600. The number of fused-ring (bicyclic) bond motifs is 18. The van der Waals surface area contributed by atoms with E-state index < -0.39 is 0 Å². The SMILES string of the molecule is c1ccc(-c2nc(-c3ccccc3)nc(-c3ccc(-c4ccc(-n5c6ccccc6c6cc(-c7ccc8c(c7)c7ccccc7n8-c7ccc8sc9ccccc9c8c7)ccc65)cc4)cc3)n2)cc1.c1ccc(-c2nc(-c3ccccc3)nc(-c3cccc(-c4cccc(-n5c6ccccc6c6cc(-c7ccc8c(c7)c7ccccc7n8-c7ccc8sc9ccccc9c8c7)ccc65)c4)c3)n2)cc1. The first-order valence-corrected chi connectivity index (χ1v) is 48.1. The fourth-order valence-corrected chi connectivity index (χ4v) is 22.8. The van der Waals surface area contributed by atoms with Crippen molar-refractivity contribution < 1.29 is 0 Å². The molecule has 0 fully saturated rings. The van der Waals surface area contributed by atoms with E-state index in [2.05, 4.69) is 370 Å². The Morgan fingerprint density at radius 1 is 0.123 bits per heavy atom. The highest BCUT2D eigenvalue weighted by molar-refractivity contribution is 7.26. The van der Waals surface area contributed by atoms with Crippen LogP contribution < -0.4 is 0 Å². The molecule has 0 aliphatic heterocycles. The quantitative estimate of drug-likeness (QED) is 0.108. The Morgan fingerprint density at radius 3 is 0.725 bits per heavy atom. The van der Waals surface area contributed by atoms with Crippen LogP contribution in [0.3, 0.4) is 0 Å². The Labute approximate surface area is 801 Å². The average molecular weight is 1800 g/mol. The maximum atomic E-state index is 5.02. The van der Waals surface area contributed by atoms with Crippen molar-refractivity contribution in [3.05, 3.63) is 473 Å². The van der Waals surface area contributed by atoms with Gasteiger partial charge in [0, 0.05) is 140 Å². The van der Waals surface area contributed by atoms with Crippen LogP contribution >= 0.6 is 22.7 Å². The molecule has 0 aliphatic rings. The Morgan fingerprint density at radius 2 is 0.355 bits per heavy atom. The van der Waals surface area contributed by atoms with Gasteiger partial charge in [-0.25, -0.2) is 29.9 Å². The zero-order chi connectivity index (χ0) is 90.8. The summed E-state index contributed by atoms with van der Waals surface area (Å²) >= 11 is 3.72. The maximum Gasteiger partial charge on any atom is 0.164 e. The minimum atomic E-state index is 0.633. The van der Waals surface area contributed by atoms with Crippen molar-refractivity contribution >= 4 is 150 Å². The van der Waals surface area contributed by atoms with Gasteiger partial charge in [0.05, 0.1) is 44.1 Å². The number of nitrogens with zero attached hydrogens (tertiary/aromatic N) is 10. The summed E-state index contributed by atoms with van der Waals surface area (Å²) in [5.74, 6) is 3.87. The summed E-state index contributed by atoms with van der Waals surface area (Å²) in [5.41, 5.74) is 28.9. The van der Waals surface area contributed by atoms with Crippen LogP contribution in [0.15, 0.2) is 473 Å². The molecule has 0 spiro atoms. The lowest BCUT2D eigenvalue weighted by molar-refractivity contribution is 1.07. The number of benzene rings is 20. The number of para-hydroxylation sites is 4. The second-order valence-corrected chi connectivity index (χ2v) is 37.4. The summed E-state index contributed by atoms with van der Waals surface area (Å²) in [4.78, 5) is 29.7. The van der Waals surface area contributed by atoms with E-state index in [1.54, 1.807) is 0 Å². The molecule has 8 aromatic heterocycles. The van der Waals surface area contributed by atoms with Crippen molar-refractivity contribution in [3.8, 4) is 136 Å². The van der Waals surface area contributed by atoms with Gasteiger partial charge in [-0.2, -0.15) is 0 Å². The standard InChI is InChI=1S/2C63H39N5S/c1-3-15-40(16-4-1)61-64-62(41-17-5-2-6-18-41)66-63(65-61)46-21-13-19-42(35-46)43-20-14-22-47(36-43)67-55-26-10-7-23-49(55)52-37-44(29-32-57(52)67)45-30-33-58-53(38-45)50-24-8-11-27-56(50)68(58)48-31-34-60-54(39-48)51-25-9-12-28-59(51)69-60;1-3-13-42(14-4-1)61-64-62(43-15-5-2-6-16-43)66-63(65-61)44-25-23-40(24-26-44)41-27-31-47(32-28-41)67-55-20-10-7-17-49(55)52-37-45(29-34-57(52)67)46-30-35-58-53(38-46)50-18-8-11-21-56(50)68(58)48-33-36-60-54(39-48)51-19-9-12-22-59(51)69-60/h2*1-39H. The monoisotopic (exact) mass is 1790 g/mol. The number of hydrogen-bond acceptors (Lipinski definition) is 8. The van der Waals surface area contributed by atoms with Crippen LogP contribution in [0.4, 0.5) is 0 Å². The molecule has 10 nitrogen and oxygen atoms in total. The van der Waals surface area contributed by atoms with E-state index in [1.807, 2.05) is 144 Å². The van der Waals surface area contributed by atoms with E-state index >= 15 is 0 Å². The van der Waals surface area contributed by atoms with E-state index in [-0.39, 0.29) is 0 Å². The van der Waals surface area contributed by atoms with Crippen molar-refractivity contribution in [2.24, 2.45) is 0 Å². The molecule has 644 valence electrons. The molecule has 0 saturated heterocycles. The van der Waals surface area contributed by atoms with Gasteiger partial charge in [0.2, 0.25) is 0 Å². The highest BCUT2D eigenvalue weighted by Gasteiger charge is 2.24. The summed E-state index contributed by atoms with van der Waals surface area (Å²) in [5, 5.41) is 15.1. The molecule has 8 heterocycles. The zero-order valence-electron chi connectivity index (χ0n) is 74.3. The van der Waals surface area contributed by atoms with Gasteiger partial charge in [-0.3, -0.25) is 0 Å². The first-order chi connectivity index (χ1) is 68.4. The van der Waals surface area contributed by atoms with Crippen LogP contribution in [-0.2, 0) is 0 Å². The first kappa shape index (κ1) is 79.8. The van der Waals surface area contributed by atoms with Crippen LogP contribution in [0.2, 0.25) is 0 Å². The van der Waals surface area contributed by atoms with E-state index in [0.29, 0.717) is 34.9 Å². The van der Waals surface area contributed by atoms with Crippen molar-refractivity contribution in [2.45, 2.75) is 0 Å². The lowest BCUT2D eigenvalue weighted by Crippen LogP contribution is -2.00.